The van der Waals surface area contributed by atoms with Gasteiger partial charge in [-0.15, -0.1) is 0 Å². The Morgan fingerprint density at radius 1 is 1.00 bits per heavy atom. The molecular formula is C24H27N3O6. The van der Waals surface area contributed by atoms with E-state index in [1.54, 1.807) is 55.1 Å². The number of amides is 1. The average Bonchev–Trinajstić information content (AvgIpc) is 3.02. The number of carbonyl (C=O) groups is 2. The van der Waals surface area contributed by atoms with E-state index in [0.717, 1.165) is 0 Å². The number of hydrogen-bond donors (Lipinski definition) is 1. The first-order chi connectivity index (χ1) is 15.8. The van der Waals surface area contributed by atoms with Gasteiger partial charge in [-0.3, -0.25) is 14.3 Å². The fourth-order valence-corrected chi connectivity index (χ4v) is 3.16. The number of nitrogens with one attached hydrogen (secondary N) is 1. The summed E-state index contributed by atoms with van der Waals surface area (Å²) in [7, 11) is 1.72. The second-order valence-corrected chi connectivity index (χ2v) is 7.25. The summed E-state index contributed by atoms with van der Waals surface area (Å²) in [5, 5.41) is 2.58. The van der Waals surface area contributed by atoms with Crippen LogP contribution in [-0.2, 0) is 21.4 Å². The molecule has 9 nitrogen and oxygen atoms in total. The standard InChI is InChI=1S/C24H27N3O6/c1-5-31-19-11-13-20(14-12-19)32-15-21(28)33-17(3)23(29)25-22-16(2)26(4)27(24(22)30)18-9-7-6-8-10-18/h6-14,17H,5,15H2,1-4H3,(H,25,29). The van der Waals surface area contributed by atoms with Gasteiger partial charge in [-0.25, -0.2) is 9.48 Å². The van der Waals surface area contributed by atoms with Crippen LogP contribution in [0.4, 0.5) is 5.69 Å². The third-order valence-corrected chi connectivity index (χ3v) is 4.97. The van der Waals surface area contributed by atoms with E-state index in [1.165, 1.54) is 11.6 Å². The zero-order chi connectivity index (χ0) is 24.0. The summed E-state index contributed by atoms with van der Waals surface area (Å²) in [4.78, 5) is 37.6. The maximum absolute atomic E-state index is 12.9. The number of para-hydroxylation sites is 1. The molecular weight excluding hydrogens is 426 g/mol. The zero-order valence-corrected chi connectivity index (χ0v) is 19.0. The fourth-order valence-electron chi connectivity index (χ4n) is 3.16. The van der Waals surface area contributed by atoms with Crippen molar-refractivity contribution in [3.05, 3.63) is 70.6 Å². The molecule has 0 aliphatic heterocycles. The molecule has 1 aromatic heterocycles. The van der Waals surface area contributed by atoms with Crippen molar-refractivity contribution in [2.24, 2.45) is 7.05 Å². The highest BCUT2D eigenvalue weighted by atomic mass is 16.6. The van der Waals surface area contributed by atoms with Crippen LogP contribution in [0.3, 0.4) is 0 Å². The van der Waals surface area contributed by atoms with Gasteiger partial charge in [-0.05, 0) is 57.2 Å². The van der Waals surface area contributed by atoms with E-state index in [1.807, 2.05) is 25.1 Å². The van der Waals surface area contributed by atoms with Crippen molar-refractivity contribution in [3.8, 4) is 17.2 Å². The number of esters is 1. The van der Waals surface area contributed by atoms with Gasteiger partial charge in [0.25, 0.3) is 11.5 Å². The lowest BCUT2D eigenvalue weighted by atomic mass is 10.3. The molecule has 0 fully saturated rings. The maximum atomic E-state index is 12.9. The Kier molecular flexibility index (Phi) is 7.55. The Bertz CT molecular complexity index is 1170. The second kappa shape index (κ2) is 10.5. The molecule has 1 amide bonds. The summed E-state index contributed by atoms with van der Waals surface area (Å²) in [5.41, 5.74) is 0.973. The van der Waals surface area contributed by atoms with Crippen LogP contribution in [0.1, 0.15) is 19.5 Å². The van der Waals surface area contributed by atoms with Gasteiger partial charge >= 0.3 is 5.97 Å². The number of ether oxygens (including phenoxy) is 3. The number of nitrogens with zero attached hydrogens (tertiary/aromatic N) is 2. The van der Waals surface area contributed by atoms with Crippen LogP contribution < -0.4 is 20.3 Å². The molecule has 1 atom stereocenters. The minimum absolute atomic E-state index is 0.125. The third-order valence-electron chi connectivity index (χ3n) is 4.97. The van der Waals surface area contributed by atoms with Gasteiger partial charge in [0.05, 0.1) is 18.0 Å². The lowest BCUT2D eigenvalue weighted by Crippen LogP contribution is -2.33. The monoisotopic (exact) mass is 453 g/mol. The summed E-state index contributed by atoms with van der Waals surface area (Å²) in [6.07, 6.45) is -1.12. The number of benzene rings is 2. The van der Waals surface area contributed by atoms with Crippen molar-refractivity contribution in [3.63, 3.8) is 0 Å². The Hall–Kier alpha value is -4.01. The van der Waals surface area contributed by atoms with E-state index < -0.39 is 18.0 Å². The van der Waals surface area contributed by atoms with Crippen LogP contribution in [0.5, 0.6) is 11.5 Å². The number of carbonyl (C=O) groups excluding carboxylic acids is 2. The second-order valence-electron chi connectivity index (χ2n) is 7.25. The van der Waals surface area contributed by atoms with Gasteiger partial charge in [-0.1, -0.05) is 18.2 Å². The molecule has 33 heavy (non-hydrogen) atoms. The summed E-state index contributed by atoms with van der Waals surface area (Å²) in [6.45, 7) is 5.22. The molecule has 0 bridgehead atoms. The fraction of sp³-hybridized carbons (Fsp3) is 0.292. The Morgan fingerprint density at radius 2 is 1.61 bits per heavy atom. The molecule has 3 aromatic rings. The molecule has 1 N–H and O–H groups in total. The lowest BCUT2D eigenvalue weighted by molar-refractivity contribution is -0.155. The van der Waals surface area contributed by atoms with Gasteiger partial charge < -0.3 is 19.5 Å². The highest BCUT2D eigenvalue weighted by Gasteiger charge is 2.23. The highest BCUT2D eigenvalue weighted by molar-refractivity contribution is 5.95. The minimum atomic E-state index is -1.12. The first-order valence-corrected chi connectivity index (χ1v) is 10.5. The molecule has 3 rings (SSSR count). The number of hydrogen-bond acceptors (Lipinski definition) is 6. The molecule has 0 spiro atoms. The largest absolute Gasteiger partial charge is 0.494 e. The summed E-state index contributed by atoms with van der Waals surface area (Å²) >= 11 is 0. The average molecular weight is 453 g/mol. The molecule has 1 heterocycles. The Morgan fingerprint density at radius 3 is 2.21 bits per heavy atom. The van der Waals surface area contributed by atoms with Crippen molar-refractivity contribution >= 4 is 17.6 Å². The van der Waals surface area contributed by atoms with Crippen LogP contribution >= 0.6 is 0 Å². The van der Waals surface area contributed by atoms with Crippen molar-refractivity contribution in [1.82, 2.24) is 9.36 Å². The predicted molar refractivity (Wildman–Crippen MR) is 123 cm³/mol. The van der Waals surface area contributed by atoms with E-state index in [9.17, 15) is 14.4 Å². The van der Waals surface area contributed by atoms with Gasteiger partial charge in [0.1, 0.15) is 17.2 Å². The van der Waals surface area contributed by atoms with Crippen molar-refractivity contribution < 1.29 is 23.8 Å². The van der Waals surface area contributed by atoms with Gasteiger partial charge in [0.2, 0.25) is 0 Å². The summed E-state index contributed by atoms with van der Waals surface area (Å²) < 4.78 is 19.0. The molecule has 9 heteroatoms. The van der Waals surface area contributed by atoms with Crippen molar-refractivity contribution in [1.29, 1.82) is 0 Å². The predicted octanol–water partition coefficient (Wildman–Crippen LogP) is 2.83. The molecule has 0 saturated heterocycles. The number of rotatable bonds is 9. The van der Waals surface area contributed by atoms with E-state index in [2.05, 4.69) is 5.32 Å². The summed E-state index contributed by atoms with van der Waals surface area (Å²) in [5.74, 6) is -0.164. The van der Waals surface area contributed by atoms with E-state index in [-0.39, 0.29) is 17.9 Å². The Labute approximate surface area is 191 Å². The van der Waals surface area contributed by atoms with Crippen LogP contribution in [0.15, 0.2) is 59.4 Å². The molecule has 0 aliphatic rings. The highest BCUT2D eigenvalue weighted by Crippen LogP contribution is 2.18. The van der Waals surface area contributed by atoms with E-state index in [4.69, 9.17) is 14.2 Å². The third kappa shape index (κ3) is 5.62. The smallest absolute Gasteiger partial charge is 0.344 e. The van der Waals surface area contributed by atoms with Gasteiger partial charge in [0, 0.05) is 7.05 Å². The normalized spacial score (nSPS) is 11.5. The van der Waals surface area contributed by atoms with E-state index >= 15 is 0 Å². The topological polar surface area (TPSA) is 101 Å². The van der Waals surface area contributed by atoms with Crippen molar-refractivity contribution in [2.75, 3.05) is 18.5 Å². The summed E-state index contributed by atoms with van der Waals surface area (Å²) in [6, 6.07) is 15.9. The molecule has 2 aromatic carbocycles. The first-order valence-electron chi connectivity index (χ1n) is 10.5. The van der Waals surface area contributed by atoms with Gasteiger partial charge in [0.15, 0.2) is 12.7 Å². The van der Waals surface area contributed by atoms with Crippen LogP contribution in [0.25, 0.3) is 5.69 Å². The molecule has 174 valence electrons. The minimum Gasteiger partial charge on any atom is -0.494 e. The van der Waals surface area contributed by atoms with Crippen LogP contribution in [0, 0.1) is 6.92 Å². The molecule has 0 radical (unpaired) electrons. The van der Waals surface area contributed by atoms with Crippen LogP contribution in [-0.4, -0.2) is 40.6 Å². The SMILES string of the molecule is CCOc1ccc(OCC(=O)OC(C)C(=O)Nc2c(C)n(C)n(-c3ccccc3)c2=O)cc1. The van der Waals surface area contributed by atoms with Crippen molar-refractivity contribution in [2.45, 2.75) is 26.9 Å². The quantitative estimate of drug-likeness (QED) is 0.500. The lowest BCUT2D eigenvalue weighted by Gasteiger charge is -2.13. The molecule has 0 saturated carbocycles. The number of anilines is 1. The molecule has 0 aliphatic carbocycles. The van der Waals surface area contributed by atoms with E-state index in [0.29, 0.717) is 29.5 Å². The maximum Gasteiger partial charge on any atom is 0.344 e. The Balaban J connectivity index is 1.59. The van der Waals surface area contributed by atoms with Crippen LogP contribution in [0.2, 0.25) is 0 Å². The van der Waals surface area contributed by atoms with Gasteiger partial charge in [-0.2, -0.15) is 0 Å². The number of aromatic nitrogens is 2. The first kappa shape index (κ1) is 23.6. The zero-order valence-electron chi connectivity index (χ0n) is 19.0. The molecule has 1 unspecified atom stereocenters.